The smallest absolute Gasteiger partial charge is 0.257 e. The van der Waals surface area contributed by atoms with E-state index in [9.17, 15) is 9.59 Å². The molecule has 0 atom stereocenters. The Morgan fingerprint density at radius 3 is 1.67 bits per heavy atom. The highest BCUT2D eigenvalue weighted by Gasteiger charge is 2.32. The molecule has 0 aromatic rings. The van der Waals surface area contributed by atoms with Crippen molar-refractivity contribution < 1.29 is 9.59 Å². The van der Waals surface area contributed by atoms with Crippen molar-refractivity contribution >= 4 is 11.8 Å². The number of nitrogens with zero attached hydrogens (tertiary/aromatic N) is 1. The van der Waals surface area contributed by atoms with E-state index in [2.05, 4.69) is 7.05 Å². The average molecular weight is 166 g/mol. The highest BCUT2D eigenvalue weighted by molar-refractivity contribution is 6.19. The normalized spacial score (nSPS) is 18.1. The van der Waals surface area contributed by atoms with Gasteiger partial charge in [0.1, 0.15) is 0 Å². The van der Waals surface area contributed by atoms with Gasteiger partial charge in [0.15, 0.2) is 0 Å². The lowest BCUT2D eigenvalue weighted by molar-refractivity contribution is -0.134. The lowest BCUT2D eigenvalue weighted by Crippen LogP contribution is -2.24. The molecule has 0 unspecified atom stereocenters. The van der Waals surface area contributed by atoms with Gasteiger partial charge in [-0.1, -0.05) is 13.8 Å². The lowest BCUT2D eigenvalue weighted by atomic mass is 10.1. The zero-order valence-corrected chi connectivity index (χ0v) is 7.39. The molecule has 1 radical (unpaired) electrons. The second-order valence-corrected chi connectivity index (χ2v) is 2.70. The Morgan fingerprint density at radius 2 is 1.42 bits per heavy atom. The molecule has 0 bridgehead atoms. The highest BCUT2D eigenvalue weighted by Crippen LogP contribution is 2.24. The minimum absolute atomic E-state index is 0.237. The van der Waals surface area contributed by atoms with Crippen molar-refractivity contribution in [1.29, 1.82) is 0 Å². The molecule has 1 aliphatic heterocycles. The zero-order valence-electron chi connectivity index (χ0n) is 7.39. The van der Waals surface area contributed by atoms with Gasteiger partial charge in [-0.15, -0.1) is 0 Å². The van der Waals surface area contributed by atoms with Crippen molar-refractivity contribution in [3.63, 3.8) is 0 Å². The fourth-order valence-corrected chi connectivity index (χ4v) is 1.41. The van der Waals surface area contributed by atoms with Crippen LogP contribution in [0.15, 0.2) is 11.1 Å². The van der Waals surface area contributed by atoms with E-state index >= 15 is 0 Å². The van der Waals surface area contributed by atoms with E-state index in [0.717, 1.165) is 4.90 Å². The van der Waals surface area contributed by atoms with E-state index in [0.29, 0.717) is 24.0 Å². The number of rotatable bonds is 2. The lowest BCUT2D eigenvalue weighted by Gasteiger charge is -2.04. The third-order valence-electron chi connectivity index (χ3n) is 2.08. The Balaban J connectivity index is 3.09. The van der Waals surface area contributed by atoms with Crippen LogP contribution in [0.25, 0.3) is 0 Å². The Kier molecular flexibility index (Phi) is 2.31. The van der Waals surface area contributed by atoms with Gasteiger partial charge in [-0.25, -0.2) is 0 Å². The van der Waals surface area contributed by atoms with Crippen LogP contribution in [0, 0.1) is 7.05 Å². The first-order valence-corrected chi connectivity index (χ1v) is 4.04. The fourth-order valence-electron chi connectivity index (χ4n) is 1.41. The summed E-state index contributed by atoms with van der Waals surface area (Å²) in [6, 6.07) is 0. The minimum atomic E-state index is -0.237. The molecule has 1 aliphatic rings. The van der Waals surface area contributed by atoms with Crippen molar-refractivity contribution in [2.75, 3.05) is 0 Å². The predicted molar refractivity (Wildman–Crippen MR) is 44.8 cm³/mol. The molecule has 0 spiro atoms. The van der Waals surface area contributed by atoms with E-state index in [1.165, 1.54) is 0 Å². The molecule has 2 amide bonds. The largest absolute Gasteiger partial charge is 0.273 e. The Morgan fingerprint density at radius 1 is 1.08 bits per heavy atom. The first-order valence-electron chi connectivity index (χ1n) is 4.04. The summed E-state index contributed by atoms with van der Waals surface area (Å²) >= 11 is 0. The minimum Gasteiger partial charge on any atom is -0.273 e. The molecule has 1 heterocycles. The van der Waals surface area contributed by atoms with Crippen LogP contribution in [0.1, 0.15) is 26.7 Å². The van der Waals surface area contributed by atoms with Crippen LogP contribution >= 0.6 is 0 Å². The maximum Gasteiger partial charge on any atom is 0.257 e. The molecule has 0 N–H and O–H groups in total. The molecule has 0 saturated heterocycles. The van der Waals surface area contributed by atoms with Gasteiger partial charge in [-0.3, -0.25) is 14.5 Å². The summed E-state index contributed by atoms with van der Waals surface area (Å²) in [5.41, 5.74) is 1.25. The zero-order chi connectivity index (χ0) is 9.30. The number of carbonyl (C=O) groups is 2. The quantitative estimate of drug-likeness (QED) is 0.579. The molecule has 65 valence electrons. The topological polar surface area (TPSA) is 37.4 Å². The van der Waals surface area contributed by atoms with E-state index in [4.69, 9.17) is 0 Å². The van der Waals surface area contributed by atoms with Gasteiger partial charge in [0.05, 0.1) is 0 Å². The maximum atomic E-state index is 11.3. The monoisotopic (exact) mass is 166 g/mol. The first-order chi connectivity index (χ1) is 5.63. The van der Waals surface area contributed by atoms with Crippen LogP contribution in [0.5, 0.6) is 0 Å². The number of imide groups is 1. The first kappa shape index (κ1) is 8.97. The molecule has 0 fully saturated rings. The third kappa shape index (κ3) is 1.05. The predicted octanol–water partition coefficient (Wildman–Crippen LogP) is 1.26. The molecule has 0 saturated carbocycles. The highest BCUT2D eigenvalue weighted by atomic mass is 16.2. The van der Waals surface area contributed by atoms with Gasteiger partial charge in [-0.05, 0) is 12.8 Å². The number of carbonyl (C=O) groups excluding carboxylic acids is 2. The third-order valence-corrected chi connectivity index (χ3v) is 2.08. The van der Waals surface area contributed by atoms with E-state index in [1.54, 1.807) is 0 Å². The summed E-state index contributed by atoms with van der Waals surface area (Å²) < 4.78 is 0. The molecule has 3 nitrogen and oxygen atoms in total. The van der Waals surface area contributed by atoms with Crippen molar-refractivity contribution in [3.05, 3.63) is 18.2 Å². The van der Waals surface area contributed by atoms with Crippen LogP contribution < -0.4 is 0 Å². The number of amides is 2. The van der Waals surface area contributed by atoms with Gasteiger partial charge in [0, 0.05) is 18.2 Å². The van der Waals surface area contributed by atoms with Crippen molar-refractivity contribution in [2.24, 2.45) is 0 Å². The van der Waals surface area contributed by atoms with Crippen LogP contribution in [0.2, 0.25) is 0 Å². The summed E-state index contributed by atoms with van der Waals surface area (Å²) in [6.45, 7) is 3.74. The molecular weight excluding hydrogens is 154 g/mol. The van der Waals surface area contributed by atoms with E-state index < -0.39 is 0 Å². The molecule has 1 rings (SSSR count). The van der Waals surface area contributed by atoms with Crippen LogP contribution in [0.4, 0.5) is 0 Å². The molecular formula is C9H12NO2. The number of hydrogen-bond donors (Lipinski definition) is 0. The summed E-state index contributed by atoms with van der Waals surface area (Å²) in [5, 5.41) is 0. The number of hydrogen-bond acceptors (Lipinski definition) is 2. The van der Waals surface area contributed by atoms with Crippen LogP contribution in [-0.2, 0) is 9.59 Å². The van der Waals surface area contributed by atoms with Crippen molar-refractivity contribution in [1.82, 2.24) is 4.90 Å². The van der Waals surface area contributed by atoms with E-state index in [1.807, 2.05) is 13.8 Å². The van der Waals surface area contributed by atoms with Gasteiger partial charge in [0.25, 0.3) is 11.8 Å². The molecule has 3 heteroatoms. The van der Waals surface area contributed by atoms with Gasteiger partial charge < -0.3 is 0 Å². The summed E-state index contributed by atoms with van der Waals surface area (Å²) in [5.74, 6) is -0.473. The second-order valence-electron chi connectivity index (χ2n) is 2.70. The molecule has 0 aromatic carbocycles. The molecule has 0 aromatic heterocycles. The molecule has 12 heavy (non-hydrogen) atoms. The fraction of sp³-hybridized carbons (Fsp3) is 0.444. The molecule has 0 aliphatic carbocycles. The standard InChI is InChI=1S/C9H12NO2/c1-4-6-7(5-2)9(12)10(3)8(6)11/h3-5H2,1-2H3. The summed E-state index contributed by atoms with van der Waals surface area (Å²) in [6.07, 6.45) is 1.22. The Labute approximate surface area is 72.0 Å². The van der Waals surface area contributed by atoms with Gasteiger partial charge >= 0.3 is 0 Å². The van der Waals surface area contributed by atoms with E-state index in [-0.39, 0.29) is 11.8 Å². The van der Waals surface area contributed by atoms with Crippen molar-refractivity contribution in [2.45, 2.75) is 26.7 Å². The van der Waals surface area contributed by atoms with Crippen LogP contribution in [0.3, 0.4) is 0 Å². The van der Waals surface area contributed by atoms with Crippen LogP contribution in [-0.4, -0.2) is 16.7 Å². The second kappa shape index (κ2) is 3.09. The summed E-state index contributed by atoms with van der Waals surface area (Å²) in [4.78, 5) is 23.5. The van der Waals surface area contributed by atoms with Gasteiger partial charge in [0.2, 0.25) is 0 Å². The Bertz CT molecular complexity index is 240. The summed E-state index contributed by atoms with van der Waals surface area (Å²) in [7, 11) is 3.39. The SMILES string of the molecule is [CH2]N1C(=O)C(CC)=C(CC)C1=O. The maximum absolute atomic E-state index is 11.3. The Hall–Kier alpha value is -1.12. The average Bonchev–Trinajstić information content (AvgIpc) is 2.29. The van der Waals surface area contributed by atoms with Gasteiger partial charge in [-0.2, -0.15) is 0 Å². The van der Waals surface area contributed by atoms with Crippen molar-refractivity contribution in [3.8, 4) is 0 Å².